The Morgan fingerprint density at radius 1 is 1.29 bits per heavy atom. The molecule has 0 aliphatic rings. The van der Waals surface area contributed by atoms with Crippen molar-refractivity contribution in [3.8, 4) is 0 Å². The second-order valence-corrected chi connectivity index (χ2v) is 5.75. The molecule has 17 heavy (non-hydrogen) atoms. The van der Waals surface area contributed by atoms with E-state index in [4.69, 9.17) is 5.73 Å². The van der Waals surface area contributed by atoms with Gasteiger partial charge in [-0.3, -0.25) is 9.00 Å². The summed E-state index contributed by atoms with van der Waals surface area (Å²) in [7, 11) is -0.837. The third kappa shape index (κ3) is 5.17. The van der Waals surface area contributed by atoms with Crippen molar-refractivity contribution in [1.29, 1.82) is 0 Å². The SMILES string of the molecule is CCCCCS(=O)CCn1cc(N)ccc1=O. The van der Waals surface area contributed by atoms with Crippen molar-refractivity contribution < 1.29 is 4.21 Å². The van der Waals surface area contributed by atoms with Crippen molar-refractivity contribution in [3.05, 3.63) is 28.7 Å². The quantitative estimate of drug-likeness (QED) is 0.749. The van der Waals surface area contributed by atoms with Gasteiger partial charge in [0.25, 0.3) is 5.56 Å². The van der Waals surface area contributed by atoms with Crippen molar-refractivity contribution in [3.63, 3.8) is 0 Å². The molecule has 96 valence electrons. The normalized spacial score (nSPS) is 12.5. The summed E-state index contributed by atoms with van der Waals surface area (Å²) < 4.78 is 13.2. The summed E-state index contributed by atoms with van der Waals surface area (Å²) in [4.78, 5) is 11.5. The Morgan fingerprint density at radius 2 is 2.06 bits per heavy atom. The first-order valence-corrected chi connectivity index (χ1v) is 7.43. The summed E-state index contributed by atoms with van der Waals surface area (Å²) in [6.07, 6.45) is 4.84. The summed E-state index contributed by atoms with van der Waals surface area (Å²) >= 11 is 0. The molecule has 0 aromatic carbocycles. The number of nitrogens with zero attached hydrogens (tertiary/aromatic N) is 1. The minimum atomic E-state index is -0.837. The van der Waals surface area contributed by atoms with E-state index in [9.17, 15) is 9.00 Å². The Labute approximate surface area is 104 Å². The number of aryl methyl sites for hydroxylation is 1. The van der Waals surface area contributed by atoms with E-state index in [2.05, 4.69) is 6.92 Å². The lowest BCUT2D eigenvalue weighted by Gasteiger charge is -2.06. The highest BCUT2D eigenvalue weighted by molar-refractivity contribution is 7.84. The van der Waals surface area contributed by atoms with Crippen LogP contribution in [-0.2, 0) is 17.3 Å². The van der Waals surface area contributed by atoms with Crippen LogP contribution in [0.15, 0.2) is 23.1 Å². The van der Waals surface area contributed by atoms with E-state index in [-0.39, 0.29) is 5.56 Å². The van der Waals surface area contributed by atoms with Gasteiger partial charge in [0.15, 0.2) is 0 Å². The van der Waals surface area contributed by atoms with Gasteiger partial charge in [0.05, 0.1) is 0 Å². The first kappa shape index (κ1) is 14.0. The Bertz CT molecular complexity index is 429. The largest absolute Gasteiger partial charge is 0.398 e. The zero-order chi connectivity index (χ0) is 12.7. The number of anilines is 1. The number of nitrogens with two attached hydrogens (primary N) is 1. The summed E-state index contributed by atoms with van der Waals surface area (Å²) in [6, 6.07) is 3.02. The van der Waals surface area contributed by atoms with E-state index in [0.717, 1.165) is 25.0 Å². The topological polar surface area (TPSA) is 65.1 Å². The average Bonchev–Trinajstić information content (AvgIpc) is 2.31. The van der Waals surface area contributed by atoms with Crippen LogP contribution in [0.3, 0.4) is 0 Å². The lowest BCUT2D eigenvalue weighted by molar-refractivity contribution is 0.663. The Morgan fingerprint density at radius 3 is 2.76 bits per heavy atom. The molecule has 0 aliphatic heterocycles. The van der Waals surface area contributed by atoms with Gasteiger partial charge in [-0.1, -0.05) is 19.8 Å². The van der Waals surface area contributed by atoms with Gasteiger partial charge in [0, 0.05) is 46.8 Å². The van der Waals surface area contributed by atoms with Gasteiger partial charge in [-0.25, -0.2) is 0 Å². The third-order valence-electron chi connectivity index (χ3n) is 2.54. The molecule has 0 saturated carbocycles. The van der Waals surface area contributed by atoms with Gasteiger partial charge < -0.3 is 10.3 Å². The van der Waals surface area contributed by atoms with Crippen LogP contribution < -0.4 is 11.3 Å². The van der Waals surface area contributed by atoms with Crippen LogP contribution in [0.2, 0.25) is 0 Å². The molecule has 0 aliphatic carbocycles. The Balaban J connectivity index is 2.42. The summed E-state index contributed by atoms with van der Waals surface area (Å²) in [5.74, 6) is 1.25. The zero-order valence-corrected chi connectivity index (χ0v) is 11.0. The molecule has 1 aromatic rings. The van der Waals surface area contributed by atoms with Crippen molar-refractivity contribution in [1.82, 2.24) is 4.57 Å². The number of hydrogen-bond acceptors (Lipinski definition) is 3. The number of rotatable bonds is 7. The molecule has 2 N–H and O–H groups in total. The Hall–Kier alpha value is -1.10. The molecule has 1 heterocycles. The summed E-state index contributed by atoms with van der Waals surface area (Å²) in [6.45, 7) is 2.60. The fourth-order valence-electron chi connectivity index (χ4n) is 1.54. The molecule has 0 fully saturated rings. The van der Waals surface area contributed by atoms with Gasteiger partial charge in [-0.15, -0.1) is 0 Å². The number of nitrogen functional groups attached to an aromatic ring is 1. The minimum absolute atomic E-state index is 0.0928. The van der Waals surface area contributed by atoms with Gasteiger partial charge in [-0.2, -0.15) is 0 Å². The molecular weight excluding hydrogens is 236 g/mol. The molecule has 0 amide bonds. The van der Waals surface area contributed by atoms with E-state index in [1.165, 1.54) is 10.6 Å². The number of pyridine rings is 1. The van der Waals surface area contributed by atoms with Crippen molar-refractivity contribution in [2.75, 3.05) is 17.2 Å². The lowest BCUT2D eigenvalue weighted by atomic mass is 10.3. The second-order valence-electron chi connectivity index (χ2n) is 4.05. The second kappa shape index (κ2) is 7.27. The van der Waals surface area contributed by atoms with Crippen LogP contribution in [0.25, 0.3) is 0 Å². The molecule has 1 aromatic heterocycles. The molecule has 1 atom stereocenters. The van der Waals surface area contributed by atoms with E-state index >= 15 is 0 Å². The van der Waals surface area contributed by atoms with Crippen molar-refractivity contribution in [2.24, 2.45) is 0 Å². The first-order valence-electron chi connectivity index (χ1n) is 5.94. The highest BCUT2D eigenvalue weighted by Gasteiger charge is 2.02. The standard InChI is InChI=1S/C12H20N2O2S/c1-2-3-4-8-17(16)9-7-14-10-11(13)5-6-12(14)15/h5-6,10H,2-4,7-9,13H2,1H3. The molecule has 1 unspecified atom stereocenters. The van der Waals surface area contributed by atoms with E-state index < -0.39 is 10.8 Å². The van der Waals surface area contributed by atoms with Crippen LogP contribution in [0.5, 0.6) is 0 Å². The molecule has 0 bridgehead atoms. The van der Waals surface area contributed by atoms with Gasteiger partial charge in [-0.05, 0) is 12.5 Å². The predicted octanol–water partition coefficient (Wildman–Crippen LogP) is 1.37. The highest BCUT2D eigenvalue weighted by Crippen LogP contribution is 1.99. The number of unbranched alkanes of at least 4 members (excludes halogenated alkanes) is 2. The molecule has 1 rings (SSSR count). The van der Waals surface area contributed by atoms with Crippen molar-refractivity contribution in [2.45, 2.75) is 32.7 Å². The summed E-state index contributed by atoms with van der Waals surface area (Å²) in [5, 5.41) is 0. The van der Waals surface area contributed by atoms with Crippen LogP contribution in [0.1, 0.15) is 26.2 Å². The number of aromatic nitrogens is 1. The lowest BCUT2D eigenvalue weighted by Crippen LogP contribution is -2.22. The fourth-order valence-corrected chi connectivity index (χ4v) is 2.67. The third-order valence-corrected chi connectivity index (χ3v) is 3.92. The maximum atomic E-state index is 11.7. The van der Waals surface area contributed by atoms with Gasteiger partial charge in [0.1, 0.15) is 0 Å². The minimum Gasteiger partial charge on any atom is -0.398 e. The zero-order valence-electron chi connectivity index (χ0n) is 10.2. The molecule has 0 spiro atoms. The van der Waals surface area contributed by atoms with Gasteiger partial charge >= 0.3 is 0 Å². The van der Waals surface area contributed by atoms with Crippen LogP contribution in [0.4, 0.5) is 5.69 Å². The van der Waals surface area contributed by atoms with Crippen LogP contribution in [0, 0.1) is 0 Å². The smallest absolute Gasteiger partial charge is 0.250 e. The average molecular weight is 256 g/mol. The van der Waals surface area contributed by atoms with Crippen LogP contribution >= 0.6 is 0 Å². The monoisotopic (exact) mass is 256 g/mol. The highest BCUT2D eigenvalue weighted by atomic mass is 32.2. The molecule has 0 saturated heterocycles. The van der Waals surface area contributed by atoms with Crippen LogP contribution in [-0.4, -0.2) is 20.3 Å². The molecule has 4 nitrogen and oxygen atoms in total. The molecule has 0 radical (unpaired) electrons. The predicted molar refractivity (Wildman–Crippen MR) is 72.5 cm³/mol. The summed E-state index contributed by atoms with van der Waals surface area (Å²) in [5.41, 5.74) is 6.06. The molecular formula is C12H20N2O2S. The maximum Gasteiger partial charge on any atom is 0.250 e. The maximum absolute atomic E-state index is 11.7. The fraction of sp³-hybridized carbons (Fsp3) is 0.583. The van der Waals surface area contributed by atoms with Crippen molar-refractivity contribution >= 4 is 16.5 Å². The van der Waals surface area contributed by atoms with E-state index in [1.54, 1.807) is 12.3 Å². The van der Waals surface area contributed by atoms with E-state index in [0.29, 0.717) is 18.0 Å². The molecule has 5 heteroatoms. The van der Waals surface area contributed by atoms with Gasteiger partial charge in [0.2, 0.25) is 0 Å². The van der Waals surface area contributed by atoms with E-state index in [1.807, 2.05) is 0 Å². The number of hydrogen-bond donors (Lipinski definition) is 1. The first-order chi connectivity index (χ1) is 8.13. The Kier molecular flexibility index (Phi) is 5.97.